The van der Waals surface area contributed by atoms with E-state index in [1.807, 2.05) is 0 Å². The number of methoxy groups -OCH3 is 1. The molecule has 0 amide bonds. The molecule has 2 heterocycles. The molecule has 1 aromatic heterocycles. The highest BCUT2D eigenvalue weighted by Gasteiger charge is 2.40. The van der Waals surface area contributed by atoms with Crippen LogP contribution in [-0.4, -0.2) is 80.5 Å². The molecule has 206 valence electrons. The van der Waals surface area contributed by atoms with E-state index in [4.69, 9.17) is 36.3 Å². The first-order valence-electron chi connectivity index (χ1n) is 11.8. The summed E-state index contributed by atoms with van der Waals surface area (Å²) in [6, 6.07) is 6.68. The summed E-state index contributed by atoms with van der Waals surface area (Å²) in [5, 5.41) is 12.4. The van der Waals surface area contributed by atoms with Gasteiger partial charge in [0.2, 0.25) is 11.9 Å². The standard InChI is InChI=1S/C24H30ClFN6O6/c1-3-38-22(34)20-17(13-37-11-10-36-9-8-28-24-30-23(27)31-32-24)29-16(12-26)19(21(33)35-2)18(20)14-6-4-5-7-15(14)25/h4-7,18,29H,3,8-13H2,1-2H3,(H4,27,28,30,31,32). The molecule has 0 bridgehead atoms. The Labute approximate surface area is 223 Å². The molecule has 14 heteroatoms. The highest BCUT2D eigenvalue weighted by Crippen LogP contribution is 2.42. The van der Waals surface area contributed by atoms with Gasteiger partial charge in [0.05, 0.1) is 68.6 Å². The fourth-order valence-electron chi connectivity index (χ4n) is 3.83. The fourth-order valence-corrected chi connectivity index (χ4v) is 4.08. The number of anilines is 2. The van der Waals surface area contributed by atoms with Crippen molar-refractivity contribution in [2.45, 2.75) is 12.8 Å². The van der Waals surface area contributed by atoms with E-state index < -0.39 is 24.5 Å². The van der Waals surface area contributed by atoms with E-state index in [-0.39, 0.29) is 59.9 Å². The number of aromatic amines is 1. The summed E-state index contributed by atoms with van der Waals surface area (Å²) in [5.41, 5.74) is 6.08. The predicted octanol–water partition coefficient (Wildman–Crippen LogP) is 2.09. The van der Waals surface area contributed by atoms with Crippen molar-refractivity contribution in [3.05, 3.63) is 57.4 Å². The fraction of sp³-hybridized carbons (Fsp3) is 0.417. The monoisotopic (exact) mass is 552 g/mol. The van der Waals surface area contributed by atoms with Gasteiger partial charge in [0, 0.05) is 11.6 Å². The summed E-state index contributed by atoms with van der Waals surface area (Å²) < 4.78 is 35.6. The van der Waals surface area contributed by atoms with Gasteiger partial charge in [0.15, 0.2) is 0 Å². The second kappa shape index (κ2) is 14.3. The van der Waals surface area contributed by atoms with E-state index in [0.717, 1.165) is 0 Å². The van der Waals surface area contributed by atoms with E-state index in [2.05, 4.69) is 25.8 Å². The van der Waals surface area contributed by atoms with Crippen LogP contribution in [0.15, 0.2) is 46.8 Å². The van der Waals surface area contributed by atoms with Gasteiger partial charge in [-0.25, -0.2) is 19.1 Å². The second-order valence-electron chi connectivity index (χ2n) is 7.85. The average Bonchev–Trinajstić information content (AvgIpc) is 3.34. The number of nitrogens with two attached hydrogens (primary N) is 1. The molecule has 3 rings (SSSR count). The van der Waals surface area contributed by atoms with Crippen LogP contribution in [0.4, 0.5) is 16.3 Å². The quantitative estimate of drug-likeness (QED) is 0.200. The maximum Gasteiger partial charge on any atom is 0.336 e. The van der Waals surface area contributed by atoms with E-state index in [1.165, 1.54) is 7.11 Å². The molecule has 0 spiro atoms. The molecular formula is C24H30ClFN6O6. The number of dihydropyridines is 1. The van der Waals surface area contributed by atoms with Gasteiger partial charge in [0.25, 0.3) is 0 Å². The van der Waals surface area contributed by atoms with E-state index in [0.29, 0.717) is 24.7 Å². The SMILES string of the molecule is CCOC(=O)C1=C(COCCOCCNc2n[nH]c(N)n2)NC(CF)=C(C(=O)OC)C1c1ccccc1Cl. The highest BCUT2D eigenvalue weighted by atomic mass is 35.5. The molecule has 5 N–H and O–H groups in total. The van der Waals surface area contributed by atoms with E-state index in [9.17, 15) is 14.0 Å². The molecule has 2 aromatic rings. The predicted molar refractivity (Wildman–Crippen MR) is 137 cm³/mol. The number of alkyl halides is 1. The molecule has 38 heavy (non-hydrogen) atoms. The van der Waals surface area contributed by atoms with Crippen LogP contribution in [-0.2, 0) is 28.5 Å². The summed E-state index contributed by atoms with van der Waals surface area (Å²) in [4.78, 5) is 29.8. The van der Waals surface area contributed by atoms with Gasteiger partial charge in [-0.3, -0.25) is 0 Å². The molecule has 0 saturated heterocycles. The Morgan fingerprint density at radius 2 is 1.87 bits per heavy atom. The summed E-state index contributed by atoms with van der Waals surface area (Å²) in [5.74, 6) is -1.96. The average molecular weight is 553 g/mol. The van der Waals surface area contributed by atoms with Gasteiger partial charge < -0.3 is 35.3 Å². The lowest BCUT2D eigenvalue weighted by Crippen LogP contribution is -2.36. The van der Waals surface area contributed by atoms with Crippen molar-refractivity contribution < 1.29 is 32.9 Å². The number of allylic oxidation sites excluding steroid dienone is 1. The zero-order valence-corrected chi connectivity index (χ0v) is 21.8. The maximum atomic E-state index is 14.2. The van der Waals surface area contributed by atoms with Crippen molar-refractivity contribution in [3.63, 3.8) is 0 Å². The minimum atomic E-state index is -1.03. The summed E-state index contributed by atoms with van der Waals surface area (Å²) >= 11 is 6.45. The van der Waals surface area contributed by atoms with Crippen LogP contribution in [0, 0.1) is 0 Å². The number of benzene rings is 1. The zero-order chi connectivity index (χ0) is 27.5. The second-order valence-corrected chi connectivity index (χ2v) is 8.25. The minimum absolute atomic E-state index is 0.0524. The van der Waals surface area contributed by atoms with Gasteiger partial charge in [-0.15, -0.1) is 5.10 Å². The number of esters is 2. The van der Waals surface area contributed by atoms with Gasteiger partial charge in [-0.1, -0.05) is 29.8 Å². The first-order valence-corrected chi connectivity index (χ1v) is 12.1. The lowest BCUT2D eigenvalue weighted by atomic mass is 9.80. The van der Waals surface area contributed by atoms with Crippen LogP contribution in [0.5, 0.6) is 0 Å². The number of carbonyl (C=O) groups is 2. The number of hydrogen-bond donors (Lipinski definition) is 4. The molecule has 1 aliphatic rings. The first kappa shape index (κ1) is 28.9. The molecule has 0 fully saturated rings. The molecule has 1 unspecified atom stereocenters. The Balaban J connectivity index is 1.75. The minimum Gasteiger partial charge on any atom is -0.466 e. The number of carbonyl (C=O) groups excluding carboxylic acids is 2. The number of H-pyrrole nitrogens is 1. The summed E-state index contributed by atoms with van der Waals surface area (Å²) in [6.07, 6.45) is 0. The van der Waals surface area contributed by atoms with Gasteiger partial charge in [-0.05, 0) is 18.6 Å². The molecule has 1 atom stereocenters. The smallest absolute Gasteiger partial charge is 0.336 e. The Hall–Kier alpha value is -3.68. The Morgan fingerprint density at radius 3 is 2.53 bits per heavy atom. The number of nitrogens with zero attached hydrogens (tertiary/aromatic N) is 2. The van der Waals surface area contributed by atoms with Gasteiger partial charge >= 0.3 is 11.9 Å². The number of halogens is 2. The van der Waals surface area contributed by atoms with Crippen LogP contribution >= 0.6 is 11.6 Å². The van der Waals surface area contributed by atoms with E-state index in [1.54, 1.807) is 31.2 Å². The maximum absolute atomic E-state index is 14.2. The van der Waals surface area contributed by atoms with E-state index >= 15 is 0 Å². The normalized spacial score (nSPS) is 15.3. The van der Waals surface area contributed by atoms with Crippen molar-refractivity contribution >= 4 is 35.4 Å². The number of hydrogen-bond acceptors (Lipinski definition) is 11. The zero-order valence-electron chi connectivity index (χ0n) is 21.0. The third-order valence-electron chi connectivity index (χ3n) is 5.43. The van der Waals surface area contributed by atoms with Crippen LogP contribution in [0.25, 0.3) is 0 Å². The molecule has 0 radical (unpaired) electrons. The third kappa shape index (κ3) is 7.21. The molecule has 1 aliphatic heterocycles. The number of aromatic nitrogens is 3. The molecule has 0 saturated carbocycles. The van der Waals surface area contributed by atoms with Crippen molar-refractivity contribution in [1.29, 1.82) is 0 Å². The molecular weight excluding hydrogens is 523 g/mol. The largest absolute Gasteiger partial charge is 0.466 e. The van der Waals surface area contributed by atoms with Crippen molar-refractivity contribution in [2.75, 3.05) is 64.4 Å². The number of nitrogen functional groups attached to an aromatic ring is 1. The number of nitrogens with one attached hydrogen (secondary N) is 3. The number of rotatable bonds is 14. The topological polar surface area (TPSA) is 163 Å². The Kier molecular flexibility index (Phi) is 10.9. The van der Waals surface area contributed by atoms with Crippen LogP contribution in [0.2, 0.25) is 5.02 Å². The van der Waals surface area contributed by atoms with Crippen molar-refractivity contribution in [1.82, 2.24) is 20.5 Å². The summed E-state index contributed by atoms with van der Waals surface area (Å²) in [7, 11) is 1.18. The number of ether oxygens (including phenoxy) is 4. The lowest BCUT2D eigenvalue weighted by molar-refractivity contribution is -0.139. The van der Waals surface area contributed by atoms with Crippen LogP contribution < -0.4 is 16.4 Å². The third-order valence-corrected chi connectivity index (χ3v) is 5.77. The molecule has 1 aromatic carbocycles. The van der Waals surface area contributed by atoms with Crippen molar-refractivity contribution in [2.24, 2.45) is 0 Å². The summed E-state index contributed by atoms with van der Waals surface area (Å²) in [6.45, 7) is 1.82. The van der Waals surface area contributed by atoms with Crippen molar-refractivity contribution in [3.8, 4) is 0 Å². The van der Waals surface area contributed by atoms with Crippen LogP contribution in [0.3, 0.4) is 0 Å². The van der Waals surface area contributed by atoms with Gasteiger partial charge in [-0.2, -0.15) is 4.98 Å². The van der Waals surface area contributed by atoms with Gasteiger partial charge in [0.1, 0.15) is 6.67 Å². The Morgan fingerprint density at radius 1 is 1.13 bits per heavy atom. The van der Waals surface area contributed by atoms with Crippen LogP contribution in [0.1, 0.15) is 18.4 Å². The lowest BCUT2D eigenvalue weighted by Gasteiger charge is -2.32. The Bertz CT molecular complexity index is 1190. The molecule has 12 nitrogen and oxygen atoms in total. The first-order chi connectivity index (χ1) is 18.4. The highest BCUT2D eigenvalue weighted by molar-refractivity contribution is 6.31. The molecule has 0 aliphatic carbocycles.